The van der Waals surface area contributed by atoms with E-state index in [1.807, 2.05) is 19.1 Å². The predicted molar refractivity (Wildman–Crippen MR) is 81.6 cm³/mol. The van der Waals surface area contributed by atoms with Crippen molar-refractivity contribution >= 4 is 15.9 Å². The quantitative estimate of drug-likeness (QED) is 0.814. The van der Waals surface area contributed by atoms with E-state index in [1.54, 1.807) is 0 Å². The second-order valence-electron chi connectivity index (χ2n) is 5.82. The van der Waals surface area contributed by atoms with Crippen molar-refractivity contribution in [3.63, 3.8) is 0 Å². The molecule has 0 bridgehead atoms. The number of hydrogen-bond acceptors (Lipinski definition) is 1. The molecular weight excluding hydrogens is 305 g/mol. The highest BCUT2D eigenvalue weighted by Gasteiger charge is 2.22. The van der Waals surface area contributed by atoms with Gasteiger partial charge in [-0.1, -0.05) is 48.2 Å². The smallest absolute Gasteiger partial charge is 0.129 e. The van der Waals surface area contributed by atoms with Crippen LogP contribution in [0.4, 0.5) is 4.39 Å². The summed E-state index contributed by atoms with van der Waals surface area (Å²) in [5.41, 5.74) is 0.756. The highest BCUT2D eigenvalue weighted by Crippen LogP contribution is 2.29. The molecule has 0 spiro atoms. The van der Waals surface area contributed by atoms with Gasteiger partial charge in [0.15, 0.2) is 0 Å². The van der Waals surface area contributed by atoms with Crippen molar-refractivity contribution in [2.45, 2.75) is 45.6 Å². The van der Waals surface area contributed by atoms with Crippen molar-refractivity contribution in [1.82, 2.24) is 5.32 Å². The molecule has 0 amide bonds. The molecule has 1 fully saturated rings. The molecule has 19 heavy (non-hydrogen) atoms. The lowest BCUT2D eigenvalue weighted by Crippen LogP contribution is -2.31. The van der Waals surface area contributed by atoms with Gasteiger partial charge in [-0.05, 0) is 43.9 Å². The monoisotopic (exact) mass is 327 g/mol. The van der Waals surface area contributed by atoms with Gasteiger partial charge in [-0.2, -0.15) is 0 Å². The highest BCUT2D eigenvalue weighted by atomic mass is 79.9. The van der Waals surface area contributed by atoms with Crippen molar-refractivity contribution in [2.75, 3.05) is 6.54 Å². The van der Waals surface area contributed by atoms with Gasteiger partial charge in [0.1, 0.15) is 5.82 Å². The van der Waals surface area contributed by atoms with Crippen molar-refractivity contribution in [1.29, 1.82) is 0 Å². The molecule has 1 aliphatic rings. The first-order valence-corrected chi connectivity index (χ1v) is 8.05. The lowest BCUT2D eigenvalue weighted by Gasteiger charge is -2.30. The maximum absolute atomic E-state index is 13.9. The summed E-state index contributed by atoms with van der Waals surface area (Å²) in [5.74, 6) is 1.41. The van der Waals surface area contributed by atoms with E-state index in [4.69, 9.17) is 0 Å². The minimum atomic E-state index is -0.133. The first-order valence-electron chi connectivity index (χ1n) is 7.26. The Morgan fingerprint density at radius 3 is 2.79 bits per heavy atom. The fraction of sp³-hybridized carbons (Fsp3) is 0.625. The van der Waals surface area contributed by atoms with Crippen LogP contribution in [-0.2, 0) is 0 Å². The number of benzene rings is 1. The zero-order valence-electron chi connectivity index (χ0n) is 11.8. The van der Waals surface area contributed by atoms with Crippen molar-refractivity contribution in [3.8, 4) is 0 Å². The predicted octanol–water partition coefficient (Wildman–Crippen LogP) is 5.07. The fourth-order valence-electron chi connectivity index (χ4n) is 2.99. The Bertz CT molecular complexity index is 421. The summed E-state index contributed by atoms with van der Waals surface area (Å²) >= 11 is 3.29. The van der Waals surface area contributed by atoms with Crippen molar-refractivity contribution in [2.24, 2.45) is 11.8 Å². The first-order chi connectivity index (χ1) is 9.08. The number of nitrogens with one attached hydrogen (secondary N) is 1. The van der Waals surface area contributed by atoms with Crippen LogP contribution >= 0.6 is 15.9 Å². The topological polar surface area (TPSA) is 12.0 Å². The van der Waals surface area contributed by atoms with Crippen LogP contribution in [0.25, 0.3) is 0 Å². The van der Waals surface area contributed by atoms with Crippen molar-refractivity contribution < 1.29 is 4.39 Å². The Balaban J connectivity index is 1.91. The highest BCUT2D eigenvalue weighted by molar-refractivity contribution is 9.10. The standard InChI is InChI=1S/C16H23BrFN/c1-11-5-3-4-6-13(11)10-19-12(2)15-8-7-14(17)9-16(15)18/h7-9,11-13,19H,3-6,10H2,1-2H3. The Hall–Kier alpha value is -0.410. The second kappa shape index (κ2) is 6.85. The zero-order chi connectivity index (χ0) is 13.8. The molecule has 0 aliphatic heterocycles. The van der Waals surface area contributed by atoms with Gasteiger partial charge < -0.3 is 5.32 Å². The maximum Gasteiger partial charge on any atom is 0.129 e. The largest absolute Gasteiger partial charge is 0.310 e. The van der Waals surface area contributed by atoms with Crippen LogP contribution in [0.15, 0.2) is 22.7 Å². The third-order valence-corrected chi connectivity index (χ3v) is 4.90. The molecule has 1 nitrogen and oxygen atoms in total. The molecule has 3 unspecified atom stereocenters. The van der Waals surface area contributed by atoms with Crippen LogP contribution in [0.5, 0.6) is 0 Å². The third kappa shape index (κ3) is 4.03. The van der Waals surface area contributed by atoms with E-state index in [2.05, 4.69) is 28.2 Å². The van der Waals surface area contributed by atoms with E-state index in [9.17, 15) is 4.39 Å². The van der Waals surface area contributed by atoms with E-state index >= 15 is 0 Å². The lowest BCUT2D eigenvalue weighted by molar-refractivity contribution is 0.242. The van der Waals surface area contributed by atoms with Crippen LogP contribution in [0.1, 0.15) is 51.1 Å². The molecule has 0 radical (unpaired) electrons. The van der Waals surface area contributed by atoms with E-state index in [-0.39, 0.29) is 11.9 Å². The Morgan fingerprint density at radius 1 is 1.37 bits per heavy atom. The molecule has 0 saturated heterocycles. The van der Waals surface area contributed by atoms with Crippen molar-refractivity contribution in [3.05, 3.63) is 34.1 Å². The number of hydrogen-bond donors (Lipinski definition) is 1. The Labute approximate surface area is 124 Å². The molecule has 3 heteroatoms. The average molecular weight is 328 g/mol. The molecule has 3 atom stereocenters. The molecule has 1 aromatic carbocycles. The third-order valence-electron chi connectivity index (χ3n) is 4.40. The van der Waals surface area contributed by atoms with Gasteiger partial charge in [-0.3, -0.25) is 0 Å². The van der Waals surface area contributed by atoms with Crippen LogP contribution in [0.3, 0.4) is 0 Å². The molecule has 2 rings (SSSR count). The van der Waals surface area contributed by atoms with Gasteiger partial charge in [-0.15, -0.1) is 0 Å². The van der Waals surface area contributed by atoms with Gasteiger partial charge >= 0.3 is 0 Å². The molecule has 1 N–H and O–H groups in total. The molecule has 1 aliphatic carbocycles. The molecule has 0 aromatic heterocycles. The Kier molecular flexibility index (Phi) is 5.40. The minimum Gasteiger partial charge on any atom is -0.310 e. The van der Waals surface area contributed by atoms with E-state index in [0.29, 0.717) is 0 Å². The number of halogens is 2. The van der Waals surface area contributed by atoms with E-state index in [1.165, 1.54) is 31.7 Å². The summed E-state index contributed by atoms with van der Waals surface area (Å²) in [6.45, 7) is 5.38. The van der Waals surface area contributed by atoms with Gasteiger partial charge in [0.2, 0.25) is 0 Å². The minimum absolute atomic E-state index is 0.0715. The second-order valence-corrected chi connectivity index (χ2v) is 6.73. The molecular formula is C16H23BrFN. The van der Waals surface area contributed by atoms with Crippen LogP contribution in [-0.4, -0.2) is 6.54 Å². The summed E-state index contributed by atoms with van der Waals surface area (Å²) in [5, 5.41) is 3.50. The molecule has 1 aromatic rings. The molecule has 0 heterocycles. The van der Waals surface area contributed by atoms with E-state index in [0.717, 1.165) is 28.4 Å². The normalized spacial score (nSPS) is 25.3. The maximum atomic E-state index is 13.9. The summed E-state index contributed by atoms with van der Waals surface area (Å²) in [6, 6.07) is 5.38. The van der Waals surface area contributed by atoms with E-state index < -0.39 is 0 Å². The lowest BCUT2D eigenvalue weighted by atomic mass is 9.80. The zero-order valence-corrected chi connectivity index (χ0v) is 13.3. The molecule has 1 saturated carbocycles. The Morgan fingerprint density at radius 2 is 2.11 bits per heavy atom. The van der Waals surface area contributed by atoms with Gasteiger partial charge in [0.25, 0.3) is 0 Å². The fourth-order valence-corrected chi connectivity index (χ4v) is 3.32. The van der Waals surface area contributed by atoms with Crippen LogP contribution in [0, 0.1) is 17.7 Å². The summed E-state index contributed by atoms with van der Waals surface area (Å²) in [7, 11) is 0. The summed E-state index contributed by atoms with van der Waals surface area (Å²) < 4.78 is 14.7. The number of rotatable bonds is 4. The van der Waals surface area contributed by atoms with Gasteiger partial charge in [-0.25, -0.2) is 4.39 Å². The molecule has 106 valence electrons. The first kappa shape index (κ1) is 15.0. The van der Waals surface area contributed by atoms with Crippen LogP contribution in [0.2, 0.25) is 0 Å². The van der Waals surface area contributed by atoms with Gasteiger partial charge in [0.05, 0.1) is 0 Å². The average Bonchev–Trinajstić information content (AvgIpc) is 2.37. The van der Waals surface area contributed by atoms with Crippen LogP contribution < -0.4 is 5.32 Å². The van der Waals surface area contributed by atoms with Gasteiger partial charge in [0, 0.05) is 16.1 Å². The summed E-state index contributed by atoms with van der Waals surface area (Å²) in [6.07, 6.45) is 5.36. The summed E-state index contributed by atoms with van der Waals surface area (Å²) in [4.78, 5) is 0. The SMILES string of the molecule is CC(NCC1CCCCC1C)c1ccc(Br)cc1F.